The number of amides is 1. The predicted molar refractivity (Wildman–Crippen MR) is 123 cm³/mol. The Bertz CT molecular complexity index is 1070. The van der Waals surface area contributed by atoms with E-state index < -0.39 is 17.7 Å². The maximum Gasteiger partial charge on any atom is 0.295 e. The number of likely N-dealkylation sites (tertiary alicyclic amines) is 1. The number of fused-ring (bicyclic) bond motifs is 1. The Hall–Kier alpha value is -3.32. The van der Waals surface area contributed by atoms with Gasteiger partial charge in [0.05, 0.1) is 11.6 Å². The second kappa shape index (κ2) is 9.67. The Morgan fingerprint density at radius 3 is 2.45 bits per heavy atom. The molecule has 1 N–H and O–H groups in total. The quantitative estimate of drug-likeness (QED) is 0.296. The van der Waals surface area contributed by atoms with Gasteiger partial charge in [-0.25, -0.2) is 0 Å². The fourth-order valence-electron chi connectivity index (χ4n) is 4.25. The van der Waals surface area contributed by atoms with Crippen LogP contribution in [0.2, 0.25) is 0 Å². The number of ketones is 1. The number of aliphatic hydroxyl groups excluding tert-OH is 1. The molecule has 1 amide bonds. The molecule has 0 aromatic heterocycles. The zero-order valence-electron chi connectivity index (χ0n) is 19.2. The zero-order chi connectivity index (χ0) is 23.5. The fraction of sp³-hybridized carbons (Fsp3) is 0.385. The van der Waals surface area contributed by atoms with E-state index in [1.807, 2.05) is 24.3 Å². The first-order chi connectivity index (χ1) is 15.9. The summed E-state index contributed by atoms with van der Waals surface area (Å²) in [6.07, 6.45) is 0.578. The molecule has 0 unspecified atom stereocenters. The number of Topliss-reactive ketones (excluding diaryl/α,β-unsaturated/α-hetero) is 1. The largest absolute Gasteiger partial charge is 0.507 e. The number of nitrogens with zero attached hydrogens (tertiary/aromatic N) is 1. The molecule has 2 aliphatic heterocycles. The SMILES string of the molecule is COCCCN1C(=O)C(=O)C(=C(O)c2ccc3c(c2)OCCO3)[C@@H]1c1ccc(C(C)C)cc1. The van der Waals surface area contributed by atoms with Gasteiger partial charge in [0.1, 0.15) is 19.0 Å². The van der Waals surface area contributed by atoms with E-state index in [1.54, 1.807) is 25.3 Å². The minimum absolute atomic E-state index is 0.0754. The van der Waals surface area contributed by atoms with E-state index in [0.29, 0.717) is 55.8 Å². The normalized spacial score (nSPS) is 19.4. The molecule has 2 aliphatic rings. The summed E-state index contributed by atoms with van der Waals surface area (Å²) >= 11 is 0. The van der Waals surface area contributed by atoms with Crippen molar-refractivity contribution in [3.8, 4) is 11.5 Å². The van der Waals surface area contributed by atoms with Crippen LogP contribution in [-0.2, 0) is 14.3 Å². The zero-order valence-corrected chi connectivity index (χ0v) is 19.2. The summed E-state index contributed by atoms with van der Waals surface area (Å²) in [7, 11) is 1.60. The molecule has 0 bridgehead atoms. The molecule has 4 rings (SSSR count). The smallest absolute Gasteiger partial charge is 0.295 e. The van der Waals surface area contributed by atoms with Gasteiger partial charge in [0.2, 0.25) is 0 Å². The summed E-state index contributed by atoms with van der Waals surface area (Å²) < 4.78 is 16.3. The summed E-state index contributed by atoms with van der Waals surface area (Å²) in [6, 6.07) is 12.2. The molecule has 1 fully saturated rings. The lowest BCUT2D eigenvalue weighted by molar-refractivity contribution is -0.140. The van der Waals surface area contributed by atoms with E-state index in [4.69, 9.17) is 14.2 Å². The maximum absolute atomic E-state index is 13.1. The van der Waals surface area contributed by atoms with Crippen LogP contribution in [0, 0.1) is 0 Å². The molecule has 174 valence electrons. The van der Waals surface area contributed by atoms with Crippen molar-refractivity contribution >= 4 is 17.4 Å². The topological polar surface area (TPSA) is 85.3 Å². The minimum Gasteiger partial charge on any atom is -0.507 e. The van der Waals surface area contributed by atoms with E-state index in [0.717, 1.165) is 11.1 Å². The highest BCUT2D eigenvalue weighted by Crippen LogP contribution is 2.41. The van der Waals surface area contributed by atoms with Gasteiger partial charge in [-0.1, -0.05) is 38.1 Å². The van der Waals surface area contributed by atoms with Crippen molar-refractivity contribution in [3.63, 3.8) is 0 Å². The molecular weight excluding hydrogens is 422 g/mol. The van der Waals surface area contributed by atoms with Crippen LogP contribution in [0.5, 0.6) is 11.5 Å². The van der Waals surface area contributed by atoms with Gasteiger partial charge in [-0.15, -0.1) is 0 Å². The number of rotatable bonds is 7. The van der Waals surface area contributed by atoms with E-state index in [9.17, 15) is 14.7 Å². The van der Waals surface area contributed by atoms with Gasteiger partial charge in [0.15, 0.2) is 11.5 Å². The molecule has 0 radical (unpaired) electrons. The summed E-state index contributed by atoms with van der Waals surface area (Å²) in [5, 5.41) is 11.2. The fourth-order valence-corrected chi connectivity index (χ4v) is 4.25. The van der Waals surface area contributed by atoms with E-state index >= 15 is 0 Å². The first-order valence-electron chi connectivity index (χ1n) is 11.2. The van der Waals surface area contributed by atoms with Crippen LogP contribution in [0.25, 0.3) is 5.76 Å². The molecule has 0 spiro atoms. The van der Waals surface area contributed by atoms with Gasteiger partial charge in [0, 0.05) is 25.8 Å². The Labute approximate surface area is 193 Å². The molecule has 33 heavy (non-hydrogen) atoms. The first-order valence-corrected chi connectivity index (χ1v) is 11.2. The monoisotopic (exact) mass is 451 g/mol. The lowest BCUT2D eigenvalue weighted by Gasteiger charge is -2.26. The highest BCUT2D eigenvalue weighted by atomic mass is 16.6. The highest BCUT2D eigenvalue weighted by Gasteiger charge is 2.45. The van der Waals surface area contributed by atoms with Crippen molar-refractivity contribution in [1.82, 2.24) is 4.90 Å². The van der Waals surface area contributed by atoms with Crippen LogP contribution < -0.4 is 9.47 Å². The van der Waals surface area contributed by atoms with Crippen LogP contribution in [0.1, 0.15) is 48.9 Å². The van der Waals surface area contributed by atoms with Gasteiger partial charge in [-0.05, 0) is 41.7 Å². The maximum atomic E-state index is 13.1. The van der Waals surface area contributed by atoms with E-state index in [-0.39, 0.29) is 11.3 Å². The third-order valence-electron chi connectivity index (χ3n) is 6.02. The molecule has 1 saturated heterocycles. The average Bonchev–Trinajstić information content (AvgIpc) is 3.08. The number of carbonyl (C=O) groups excluding carboxylic acids is 2. The second-order valence-electron chi connectivity index (χ2n) is 8.52. The first kappa shape index (κ1) is 22.9. The number of ether oxygens (including phenoxy) is 3. The van der Waals surface area contributed by atoms with Crippen LogP contribution in [0.15, 0.2) is 48.0 Å². The third kappa shape index (κ3) is 4.46. The summed E-state index contributed by atoms with van der Waals surface area (Å²) in [5.74, 6) is -0.112. The van der Waals surface area contributed by atoms with Crippen molar-refractivity contribution in [2.45, 2.75) is 32.2 Å². The minimum atomic E-state index is -0.697. The van der Waals surface area contributed by atoms with E-state index in [1.165, 1.54) is 4.90 Å². The molecular formula is C26H29NO6. The van der Waals surface area contributed by atoms with Gasteiger partial charge < -0.3 is 24.2 Å². The van der Waals surface area contributed by atoms with Crippen molar-refractivity contribution < 1.29 is 28.9 Å². The number of hydrogen-bond donors (Lipinski definition) is 1. The number of aliphatic hydroxyl groups is 1. The van der Waals surface area contributed by atoms with Gasteiger partial charge in [-0.3, -0.25) is 9.59 Å². The molecule has 1 atom stereocenters. The molecule has 2 aromatic rings. The van der Waals surface area contributed by atoms with Crippen LogP contribution >= 0.6 is 0 Å². The van der Waals surface area contributed by atoms with Crippen LogP contribution in [0.4, 0.5) is 0 Å². The van der Waals surface area contributed by atoms with Gasteiger partial charge in [0.25, 0.3) is 11.7 Å². The molecule has 2 heterocycles. The predicted octanol–water partition coefficient (Wildman–Crippen LogP) is 4.04. The molecule has 0 aliphatic carbocycles. The lowest BCUT2D eigenvalue weighted by Crippen LogP contribution is -2.31. The molecule has 2 aromatic carbocycles. The molecule has 0 saturated carbocycles. The Morgan fingerprint density at radius 1 is 1.09 bits per heavy atom. The van der Waals surface area contributed by atoms with E-state index in [2.05, 4.69) is 13.8 Å². The van der Waals surface area contributed by atoms with Crippen molar-refractivity contribution in [2.75, 3.05) is 33.5 Å². The number of benzene rings is 2. The lowest BCUT2D eigenvalue weighted by atomic mass is 9.93. The standard InChI is InChI=1S/C26H29NO6/c1-16(2)17-5-7-18(8-6-17)23-22(25(29)26(30)27(23)11-4-12-31-3)24(28)19-9-10-20-21(15-19)33-14-13-32-20/h5-10,15-16,23,28H,4,11-14H2,1-3H3/t23-/m0/s1. The number of methoxy groups -OCH3 is 1. The third-order valence-corrected chi connectivity index (χ3v) is 6.02. The number of hydrogen-bond acceptors (Lipinski definition) is 6. The summed E-state index contributed by atoms with van der Waals surface area (Å²) in [5.41, 5.74) is 2.40. The number of carbonyl (C=O) groups is 2. The average molecular weight is 452 g/mol. The summed E-state index contributed by atoms with van der Waals surface area (Å²) in [4.78, 5) is 27.6. The Balaban J connectivity index is 1.79. The van der Waals surface area contributed by atoms with Crippen molar-refractivity contribution in [2.24, 2.45) is 0 Å². The Kier molecular flexibility index (Phi) is 6.70. The second-order valence-corrected chi connectivity index (χ2v) is 8.52. The van der Waals surface area contributed by atoms with Crippen molar-refractivity contribution in [3.05, 3.63) is 64.7 Å². The van der Waals surface area contributed by atoms with Gasteiger partial charge in [-0.2, -0.15) is 0 Å². The Morgan fingerprint density at radius 2 is 1.79 bits per heavy atom. The van der Waals surface area contributed by atoms with Gasteiger partial charge >= 0.3 is 0 Å². The highest BCUT2D eigenvalue weighted by molar-refractivity contribution is 6.46. The molecule has 7 heteroatoms. The molecule has 7 nitrogen and oxygen atoms in total. The van der Waals surface area contributed by atoms with Crippen molar-refractivity contribution in [1.29, 1.82) is 0 Å². The summed E-state index contributed by atoms with van der Waals surface area (Å²) in [6.45, 7) is 5.87. The van der Waals surface area contributed by atoms with Crippen LogP contribution in [-0.4, -0.2) is 55.2 Å². The van der Waals surface area contributed by atoms with Crippen LogP contribution in [0.3, 0.4) is 0 Å².